The summed E-state index contributed by atoms with van der Waals surface area (Å²) in [6.07, 6.45) is -0.183. The molecule has 1 rings (SSSR count). The molecule has 1 aromatic carbocycles. The Balaban J connectivity index is 2.92. The maximum Gasteiger partial charge on any atom is 0.201 e. The van der Waals surface area contributed by atoms with E-state index in [2.05, 4.69) is 6.07 Å². The Kier molecular flexibility index (Phi) is 2.63. The molecule has 0 bridgehead atoms. The van der Waals surface area contributed by atoms with Gasteiger partial charge in [0.15, 0.2) is 11.6 Å². The lowest BCUT2D eigenvalue weighted by atomic mass is 10.3. The van der Waals surface area contributed by atoms with E-state index in [4.69, 9.17) is 4.74 Å². The fourth-order valence-electron chi connectivity index (χ4n) is 0.757. The van der Waals surface area contributed by atoms with Crippen LogP contribution in [0.2, 0.25) is 0 Å². The molecule has 3 heteroatoms. The van der Waals surface area contributed by atoms with E-state index in [1.807, 2.05) is 0 Å². The van der Waals surface area contributed by atoms with Crippen molar-refractivity contribution >= 4 is 0 Å². The number of hydrogen-bond donors (Lipinski definition) is 0. The van der Waals surface area contributed by atoms with Gasteiger partial charge in [0.25, 0.3) is 0 Å². The molecule has 12 heavy (non-hydrogen) atoms. The van der Waals surface area contributed by atoms with E-state index in [-0.39, 0.29) is 11.9 Å². The third-order valence-electron chi connectivity index (χ3n) is 1.21. The lowest BCUT2D eigenvalue weighted by Crippen LogP contribution is -2.07. The summed E-state index contributed by atoms with van der Waals surface area (Å²) in [5.74, 6) is -2.05. The van der Waals surface area contributed by atoms with Crippen LogP contribution in [0.5, 0.6) is 5.75 Å². The Morgan fingerprint density at radius 3 is 2.67 bits per heavy atom. The SMILES string of the molecule is CC(C)Oc1[c]ccc(F)c1F. The average molecular weight is 171 g/mol. The molecule has 0 aromatic heterocycles. The molecule has 0 aliphatic rings. The van der Waals surface area contributed by atoms with Crippen molar-refractivity contribution in [2.24, 2.45) is 0 Å². The average Bonchev–Trinajstić information content (AvgIpc) is 1.98. The predicted molar refractivity (Wildman–Crippen MR) is 41.0 cm³/mol. The monoisotopic (exact) mass is 171 g/mol. The minimum absolute atomic E-state index is 0.162. The van der Waals surface area contributed by atoms with Crippen LogP contribution in [-0.4, -0.2) is 6.10 Å². The molecule has 0 saturated carbocycles. The molecular weight excluding hydrogens is 162 g/mol. The van der Waals surface area contributed by atoms with Crippen molar-refractivity contribution in [2.75, 3.05) is 0 Å². The molecule has 0 saturated heterocycles. The van der Waals surface area contributed by atoms with Crippen LogP contribution in [0.1, 0.15) is 13.8 Å². The van der Waals surface area contributed by atoms with Crippen LogP contribution >= 0.6 is 0 Å². The molecule has 65 valence electrons. The number of ether oxygens (including phenoxy) is 1. The van der Waals surface area contributed by atoms with Crippen LogP contribution in [0.15, 0.2) is 12.1 Å². The summed E-state index contributed by atoms with van der Waals surface area (Å²) in [5.41, 5.74) is 0. The largest absolute Gasteiger partial charge is 0.487 e. The summed E-state index contributed by atoms with van der Waals surface area (Å²) >= 11 is 0. The summed E-state index contributed by atoms with van der Waals surface area (Å²) in [6.45, 7) is 3.47. The summed E-state index contributed by atoms with van der Waals surface area (Å²) in [7, 11) is 0. The molecule has 1 radical (unpaired) electrons. The Hall–Kier alpha value is -1.12. The smallest absolute Gasteiger partial charge is 0.201 e. The third-order valence-corrected chi connectivity index (χ3v) is 1.21. The molecule has 1 aromatic rings. The second kappa shape index (κ2) is 3.52. The van der Waals surface area contributed by atoms with E-state index in [0.29, 0.717) is 0 Å². The van der Waals surface area contributed by atoms with Gasteiger partial charge in [0.05, 0.1) is 6.10 Å². The zero-order valence-electron chi connectivity index (χ0n) is 6.90. The topological polar surface area (TPSA) is 9.23 Å². The number of halogens is 2. The van der Waals surface area contributed by atoms with E-state index in [0.717, 1.165) is 6.07 Å². The molecule has 0 N–H and O–H groups in total. The highest BCUT2D eigenvalue weighted by Gasteiger charge is 2.09. The van der Waals surface area contributed by atoms with E-state index < -0.39 is 11.6 Å². The molecule has 0 atom stereocenters. The molecule has 0 spiro atoms. The standard InChI is InChI=1S/C9H9F2O/c1-6(2)12-8-5-3-4-7(10)9(8)11/h3-4,6H,1-2H3. The summed E-state index contributed by atoms with van der Waals surface area (Å²) in [4.78, 5) is 0. The lowest BCUT2D eigenvalue weighted by molar-refractivity contribution is 0.227. The molecule has 0 heterocycles. The van der Waals surface area contributed by atoms with Crippen LogP contribution in [0.4, 0.5) is 8.78 Å². The fourth-order valence-corrected chi connectivity index (χ4v) is 0.757. The van der Waals surface area contributed by atoms with Gasteiger partial charge in [-0.15, -0.1) is 0 Å². The van der Waals surface area contributed by atoms with Gasteiger partial charge < -0.3 is 4.74 Å². The molecule has 0 aliphatic heterocycles. The van der Waals surface area contributed by atoms with Gasteiger partial charge in [-0.25, -0.2) is 4.39 Å². The van der Waals surface area contributed by atoms with Gasteiger partial charge in [0, 0.05) is 6.07 Å². The summed E-state index contributed by atoms with van der Waals surface area (Å²) in [5, 5.41) is 0. The van der Waals surface area contributed by atoms with Gasteiger partial charge in [0.1, 0.15) is 0 Å². The van der Waals surface area contributed by atoms with E-state index in [1.54, 1.807) is 13.8 Å². The molecule has 0 aliphatic carbocycles. The summed E-state index contributed by atoms with van der Waals surface area (Å²) in [6, 6.07) is 4.76. The van der Waals surface area contributed by atoms with Crippen molar-refractivity contribution in [1.29, 1.82) is 0 Å². The minimum atomic E-state index is -0.980. The van der Waals surface area contributed by atoms with E-state index >= 15 is 0 Å². The normalized spacial score (nSPS) is 10.4. The molecule has 1 nitrogen and oxygen atoms in total. The molecule has 0 unspecified atom stereocenters. The van der Waals surface area contributed by atoms with E-state index in [1.165, 1.54) is 6.07 Å². The molecule has 0 amide bonds. The van der Waals surface area contributed by atoms with Crippen LogP contribution < -0.4 is 4.74 Å². The Morgan fingerprint density at radius 1 is 1.42 bits per heavy atom. The van der Waals surface area contributed by atoms with Crippen LogP contribution in [-0.2, 0) is 0 Å². The first kappa shape index (κ1) is 8.97. The van der Waals surface area contributed by atoms with Gasteiger partial charge in [-0.2, -0.15) is 4.39 Å². The zero-order valence-corrected chi connectivity index (χ0v) is 6.90. The fraction of sp³-hybridized carbons (Fsp3) is 0.333. The first-order chi connectivity index (χ1) is 5.61. The van der Waals surface area contributed by atoms with Gasteiger partial charge in [-0.1, -0.05) is 0 Å². The van der Waals surface area contributed by atoms with Crippen molar-refractivity contribution in [2.45, 2.75) is 20.0 Å². The Bertz CT molecular complexity index is 271. The minimum Gasteiger partial charge on any atom is -0.487 e. The van der Waals surface area contributed by atoms with Gasteiger partial charge in [-0.05, 0) is 26.0 Å². The highest BCUT2D eigenvalue weighted by atomic mass is 19.2. The van der Waals surface area contributed by atoms with Crippen LogP contribution in [0.3, 0.4) is 0 Å². The first-order valence-corrected chi connectivity index (χ1v) is 3.63. The number of rotatable bonds is 2. The third kappa shape index (κ3) is 1.94. The lowest BCUT2D eigenvalue weighted by Gasteiger charge is -2.09. The quantitative estimate of drug-likeness (QED) is 0.664. The highest BCUT2D eigenvalue weighted by molar-refractivity contribution is 5.23. The molecular formula is C9H9F2O. The van der Waals surface area contributed by atoms with E-state index in [9.17, 15) is 8.78 Å². The second-order valence-electron chi connectivity index (χ2n) is 2.64. The Labute approximate surface area is 70.0 Å². The number of hydrogen-bond acceptors (Lipinski definition) is 1. The Morgan fingerprint density at radius 2 is 2.08 bits per heavy atom. The van der Waals surface area contributed by atoms with Crippen LogP contribution in [0, 0.1) is 17.7 Å². The maximum atomic E-state index is 12.8. The maximum absolute atomic E-state index is 12.8. The molecule has 0 fully saturated rings. The van der Waals surface area contributed by atoms with Gasteiger partial charge in [0.2, 0.25) is 5.82 Å². The van der Waals surface area contributed by atoms with Crippen molar-refractivity contribution < 1.29 is 13.5 Å². The van der Waals surface area contributed by atoms with Crippen molar-refractivity contribution in [3.8, 4) is 5.75 Å². The predicted octanol–water partition coefficient (Wildman–Crippen LogP) is 2.55. The van der Waals surface area contributed by atoms with Crippen molar-refractivity contribution in [3.05, 3.63) is 29.8 Å². The van der Waals surface area contributed by atoms with Gasteiger partial charge >= 0.3 is 0 Å². The first-order valence-electron chi connectivity index (χ1n) is 3.63. The highest BCUT2D eigenvalue weighted by Crippen LogP contribution is 2.19. The zero-order chi connectivity index (χ0) is 9.14. The van der Waals surface area contributed by atoms with Crippen molar-refractivity contribution in [1.82, 2.24) is 0 Å². The van der Waals surface area contributed by atoms with Crippen LogP contribution in [0.25, 0.3) is 0 Å². The van der Waals surface area contributed by atoms with Gasteiger partial charge in [-0.3, -0.25) is 0 Å². The summed E-state index contributed by atoms with van der Waals surface area (Å²) < 4.78 is 30.3. The number of benzene rings is 1. The van der Waals surface area contributed by atoms with Crippen molar-refractivity contribution in [3.63, 3.8) is 0 Å². The second-order valence-corrected chi connectivity index (χ2v) is 2.64.